The zero-order chi connectivity index (χ0) is 13.8. The summed E-state index contributed by atoms with van der Waals surface area (Å²) in [6.07, 6.45) is -2.48. The van der Waals surface area contributed by atoms with Gasteiger partial charge in [-0.05, 0) is 40.5 Å². The van der Waals surface area contributed by atoms with Gasteiger partial charge in [0.1, 0.15) is 0 Å². The Kier molecular flexibility index (Phi) is 5.79. The summed E-state index contributed by atoms with van der Waals surface area (Å²) >= 11 is 9.15. The highest BCUT2D eigenvalue weighted by atomic mass is 79.9. The van der Waals surface area contributed by atoms with Crippen molar-refractivity contribution < 1.29 is 13.2 Å². The molecule has 1 aromatic carbocycles. The van der Waals surface area contributed by atoms with Gasteiger partial charge in [0, 0.05) is 16.7 Å². The third-order valence-corrected chi connectivity index (χ3v) is 3.44. The van der Waals surface area contributed by atoms with E-state index < -0.39 is 11.7 Å². The van der Waals surface area contributed by atoms with Crippen LogP contribution in [0.25, 0.3) is 0 Å². The Bertz CT molecular complexity index is 395. The van der Waals surface area contributed by atoms with Gasteiger partial charge in [-0.1, -0.05) is 13.3 Å². The van der Waals surface area contributed by atoms with Gasteiger partial charge in [-0.25, -0.2) is 0 Å². The van der Waals surface area contributed by atoms with Crippen LogP contribution >= 0.6 is 27.5 Å². The molecule has 1 nitrogen and oxygen atoms in total. The molecule has 0 bridgehead atoms. The highest BCUT2D eigenvalue weighted by Crippen LogP contribution is 2.33. The van der Waals surface area contributed by atoms with Gasteiger partial charge in [-0.15, -0.1) is 11.6 Å². The smallest absolute Gasteiger partial charge is 0.383 e. The zero-order valence-electron chi connectivity index (χ0n) is 9.82. The molecule has 18 heavy (non-hydrogen) atoms. The fraction of sp³-hybridized carbons (Fsp3) is 0.500. The van der Waals surface area contributed by atoms with Gasteiger partial charge in [0.2, 0.25) is 0 Å². The molecule has 0 amide bonds. The number of hydrogen-bond donors (Lipinski definition) is 1. The number of hydrogen-bond acceptors (Lipinski definition) is 1. The van der Waals surface area contributed by atoms with E-state index in [0.29, 0.717) is 16.7 Å². The van der Waals surface area contributed by atoms with Crippen LogP contribution in [0.1, 0.15) is 25.3 Å². The van der Waals surface area contributed by atoms with Crippen LogP contribution in [-0.2, 0) is 6.18 Å². The Balaban J connectivity index is 2.69. The average molecular weight is 345 g/mol. The summed E-state index contributed by atoms with van der Waals surface area (Å²) in [7, 11) is 0. The molecule has 6 heteroatoms. The summed E-state index contributed by atoms with van der Waals surface area (Å²) < 4.78 is 37.7. The van der Waals surface area contributed by atoms with E-state index in [9.17, 15) is 13.2 Å². The van der Waals surface area contributed by atoms with Crippen molar-refractivity contribution in [1.82, 2.24) is 0 Å². The third kappa shape index (κ3) is 4.69. The van der Waals surface area contributed by atoms with E-state index in [-0.39, 0.29) is 5.38 Å². The second kappa shape index (κ2) is 6.66. The molecular formula is C12H14BrClF3N. The maximum absolute atomic E-state index is 12.5. The molecule has 0 aliphatic carbocycles. The van der Waals surface area contributed by atoms with Crippen molar-refractivity contribution in [1.29, 1.82) is 0 Å². The molecule has 0 aliphatic heterocycles. The topological polar surface area (TPSA) is 12.0 Å². The molecule has 1 rings (SSSR count). The fourth-order valence-corrected chi connectivity index (χ4v) is 2.29. The van der Waals surface area contributed by atoms with Gasteiger partial charge in [0.25, 0.3) is 0 Å². The van der Waals surface area contributed by atoms with Crippen LogP contribution in [0, 0.1) is 0 Å². The lowest BCUT2D eigenvalue weighted by atomic mass is 10.2. The number of nitrogens with one attached hydrogen (secondary N) is 1. The molecule has 0 aliphatic rings. The standard InChI is InChI=1S/C12H14BrClF3N/c1-2-3-9(14)7-18-11-5-4-8(6-10(11)13)12(15,16)17/h4-6,9,18H,2-3,7H2,1H3. The normalized spacial score (nSPS) is 13.4. The van der Waals surface area contributed by atoms with Crippen molar-refractivity contribution in [3.05, 3.63) is 28.2 Å². The van der Waals surface area contributed by atoms with Crippen LogP contribution in [0.2, 0.25) is 0 Å². The maximum atomic E-state index is 12.5. The first-order chi connectivity index (χ1) is 8.34. The Morgan fingerprint density at radius 2 is 2.06 bits per heavy atom. The molecule has 1 N–H and O–H groups in total. The summed E-state index contributed by atoms with van der Waals surface area (Å²) in [6.45, 7) is 2.56. The van der Waals surface area contributed by atoms with Gasteiger partial charge in [-0.2, -0.15) is 13.2 Å². The molecule has 0 aromatic heterocycles. The molecule has 0 heterocycles. The molecule has 0 spiro atoms. The van der Waals surface area contributed by atoms with Crippen LogP contribution < -0.4 is 5.32 Å². The Morgan fingerprint density at radius 3 is 2.56 bits per heavy atom. The average Bonchev–Trinajstić information content (AvgIpc) is 2.26. The summed E-state index contributed by atoms with van der Waals surface area (Å²) in [5.74, 6) is 0. The number of halogens is 5. The quantitative estimate of drug-likeness (QED) is 0.716. The summed E-state index contributed by atoms with van der Waals surface area (Å²) in [4.78, 5) is 0. The minimum Gasteiger partial charge on any atom is -0.383 e. The van der Waals surface area contributed by atoms with Gasteiger partial charge < -0.3 is 5.32 Å². The van der Waals surface area contributed by atoms with Gasteiger partial charge >= 0.3 is 6.18 Å². The second-order valence-corrected chi connectivity index (χ2v) is 5.43. The summed E-state index contributed by atoms with van der Waals surface area (Å²) in [5.41, 5.74) is -0.0549. The van der Waals surface area contributed by atoms with Crippen LogP contribution in [0.3, 0.4) is 0 Å². The second-order valence-electron chi connectivity index (χ2n) is 3.96. The monoisotopic (exact) mass is 343 g/mol. The summed E-state index contributed by atoms with van der Waals surface area (Å²) in [5, 5.41) is 3.01. The Hall–Kier alpha value is -0.420. The van der Waals surface area contributed by atoms with Crippen molar-refractivity contribution in [3.63, 3.8) is 0 Å². The van der Waals surface area contributed by atoms with E-state index in [1.807, 2.05) is 6.92 Å². The highest BCUT2D eigenvalue weighted by Gasteiger charge is 2.30. The zero-order valence-corrected chi connectivity index (χ0v) is 12.2. The van der Waals surface area contributed by atoms with E-state index in [1.54, 1.807) is 0 Å². The van der Waals surface area contributed by atoms with E-state index in [2.05, 4.69) is 21.2 Å². The highest BCUT2D eigenvalue weighted by molar-refractivity contribution is 9.10. The third-order valence-electron chi connectivity index (χ3n) is 2.41. The van der Waals surface area contributed by atoms with Crippen molar-refractivity contribution >= 4 is 33.2 Å². The van der Waals surface area contributed by atoms with Gasteiger partial charge in [-0.3, -0.25) is 0 Å². The lowest BCUT2D eigenvalue weighted by molar-refractivity contribution is -0.137. The number of anilines is 1. The van der Waals surface area contributed by atoms with Crippen molar-refractivity contribution in [3.8, 4) is 0 Å². The molecule has 0 radical (unpaired) electrons. The Morgan fingerprint density at radius 1 is 1.39 bits per heavy atom. The van der Waals surface area contributed by atoms with Crippen LogP contribution in [-0.4, -0.2) is 11.9 Å². The van der Waals surface area contributed by atoms with Crippen molar-refractivity contribution in [2.24, 2.45) is 0 Å². The maximum Gasteiger partial charge on any atom is 0.416 e. The first kappa shape index (κ1) is 15.6. The van der Waals surface area contributed by atoms with E-state index in [4.69, 9.17) is 11.6 Å². The molecule has 0 saturated heterocycles. The largest absolute Gasteiger partial charge is 0.416 e. The van der Waals surface area contributed by atoms with E-state index in [0.717, 1.165) is 25.0 Å². The Labute approximate surface area is 118 Å². The summed E-state index contributed by atoms with van der Waals surface area (Å²) in [6, 6.07) is 3.52. The SMILES string of the molecule is CCCC(Cl)CNc1ccc(C(F)(F)F)cc1Br. The van der Waals surface area contributed by atoms with Crippen LogP contribution in [0.15, 0.2) is 22.7 Å². The number of benzene rings is 1. The first-order valence-electron chi connectivity index (χ1n) is 5.59. The molecule has 1 aromatic rings. The van der Waals surface area contributed by atoms with Crippen LogP contribution in [0.4, 0.5) is 18.9 Å². The molecular weight excluding hydrogens is 330 g/mol. The van der Waals surface area contributed by atoms with Gasteiger partial charge in [0.05, 0.1) is 10.9 Å². The van der Waals surface area contributed by atoms with Gasteiger partial charge in [0.15, 0.2) is 0 Å². The van der Waals surface area contributed by atoms with Crippen molar-refractivity contribution in [2.75, 3.05) is 11.9 Å². The molecule has 1 unspecified atom stereocenters. The number of rotatable bonds is 5. The van der Waals surface area contributed by atoms with E-state index >= 15 is 0 Å². The molecule has 0 saturated carbocycles. The number of alkyl halides is 4. The predicted molar refractivity (Wildman–Crippen MR) is 72.2 cm³/mol. The predicted octanol–water partition coefficient (Wildman–Crippen LogP) is 5.29. The minimum atomic E-state index is -4.32. The van der Waals surface area contributed by atoms with E-state index in [1.165, 1.54) is 6.07 Å². The lowest BCUT2D eigenvalue weighted by Crippen LogP contribution is -2.14. The molecule has 1 atom stereocenters. The first-order valence-corrected chi connectivity index (χ1v) is 6.82. The minimum absolute atomic E-state index is 0.0239. The lowest BCUT2D eigenvalue weighted by Gasteiger charge is -2.14. The van der Waals surface area contributed by atoms with Crippen molar-refractivity contribution in [2.45, 2.75) is 31.3 Å². The van der Waals surface area contributed by atoms with Crippen LogP contribution in [0.5, 0.6) is 0 Å². The fourth-order valence-electron chi connectivity index (χ4n) is 1.47. The molecule has 0 fully saturated rings. The molecule has 102 valence electrons.